The fraction of sp³-hybridized carbons (Fsp3) is 0.647. The molecule has 1 fully saturated rings. The molecule has 0 aliphatic carbocycles. The van der Waals surface area contributed by atoms with Gasteiger partial charge in [-0.1, -0.05) is 37.3 Å². The zero-order valence-corrected chi connectivity index (χ0v) is 12.8. The Bertz CT molecular complexity index is 380. The van der Waals surface area contributed by atoms with Crippen molar-refractivity contribution in [2.45, 2.75) is 25.8 Å². The van der Waals surface area contributed by atoms with E-state index in [4.69, 9.17) is 10.5 Å². The lowest BCUT2D eigenvalue weighted by Gasteiger charge is -2.35. The molecule has 3 atom stereocenters. The maximum absolute atomic E-state index is 6.40. The maximum Gasteiger partial charge on any atom is 0.0502 e. The van der Waals surface area contributed by atoms with E-state index >= 15 is 0 Å². The van der Waals surface area contributed by atoms with Crippen molar-refractivity contribution >= 4 is 0 Å². The van der Waals surface area contributed by atoms with Crippen LogP contribution in [0.4, 0.5) is 0 Å². The Kier molecular flexibility index (Phi) is 6.02. The van der Waals surface area contributed by atoms with E-state index in [1.165, 1.54) is 24.9 Å². The lowest BCUT2D eigenvalue weighted by molar-refractivity contribution is 0.0817. The summed E-state index contributed by atoms with van der Waals surface area (Å²) in [6.45, 7) is 6.58. The molecule has 1 aromatic carbocycles. The van der Waals surface area contributed by atoms with Crippen LogP contribution in [-0.2, 0) is 4.74 Å². The number of piperidine rings is 1. The lowest BCUT2D eigenvalue weighted by atomic mass is 9.93. The highest BCUT2D eigenvalue weighted by atomic mass is 16.5. The predicted octanol–water partition coefficient (Wildman–Crippen LogP) is 2.68. The van der Waals surface area contributed by atoms with E-state index in [1.807, 2.05) is 6.07 Å². The van der Waals surface area contributed by atoms with Crippen LogP contribution in [0.5, 0.6) is 0 Å². The van der Waals surface area contributed by atoms with Crippen molar-refractivity contribution in [2.24, 2.45) is 17.6 Å². The van der Waals surface area contributed by atoms with Crippen LogP contribution in [-0.4, -0.2) is 38.3 Å². The zero-order chi connectivity index (χ0) is 14.4. The van der Waals surface area contributed by atoms with Crippen molar-refractivity contribution in [3.63, 3.8) is 0 Å². The summed E-state index contributed by atoms with van der Waals surface area (Å²) in [7, 11) is 1.80. The van der Waals surface area contributed by atoms with Crippen molar-refractivity contribution in [1.82, 2.24) is 4.90 Å². The molecule has 2 N–H and O–H groups in total. The monoisotopic (exact) mass is 276 g/mol. The minimum Gasteiger partial charge on any atom is -0.384 e. The first-order valence-electron chi connectivity index (χ1n) is 7.72. The smallest absolute Gasteiger partial charge is 0.0502 e. The summed E-state index contributed by atoms with van der Waals surface area (Å²) in [5.74, 6) is 1.16. The molecular weight excluding hydrogens is 248 g/mol. The number of rotatable bonds is 6. The summed E-state index contributed by atoms with van der Waals surface area (Å²) in [6, 6.07) is 10.6. The number of likely N-dealkylation sites (tertiary alicyclic amines) is 1. The molecule has 0 bridgehead atoms. The molecule has 0 radical (unpaired) electrons. The number of hydrogen-bond acceptors (Lipinski definition) is 3. The second kappa shape index (κ2) is 7.77. The van der Waals surface area contributed by atoms with Crippen LogP contribution < -0.4 is 5.73 Å². The Labute approximate surface area is 123 Å². The highest BCUT2D eigenvalue weighted by Gasteiger charge is 2.23. The van der Waals surface area contributed by atoms with Gasteiger partial charge in [-0.05, 0) is 36.8 Å². The molecule has 0 spiro atoms. The van der Waals surface area contributed by atoms with E-state index in [1.54, 1.807) is 7.11 Å². The van der Waals surface area contributed by atoms with Gasteiger partial charge < -0.3 is 15.4 Å². The number of hydrogen-bond donors (Lipinski definition) is 1. The van der Waals surface area contributed by atoms with Crippen LogP contribution in [0, 0.1) is 11.8 Å². The quantitative estimate of drug-likeness (QED) is 0.868. The highest BCUT2D eigenvalue weighted by molar-refractivity contribution is 5.19. The second-order valence-corrected chi connectivity index (χ2v) is 6.14. The molecule has 3 heteroatoms. The highest BCUT2D eigenvalue weighted by Crippen LogP contribution is 2.23. The largest absolute Gasteiger partial charge is 0.384 e. The average Bonchev–Trinajstić information content (AvgIpc) is 2.48. The van der Waals surface area contributed by atoms with Gasteiger partial charge in [0.25, 0.3) is 0 Å². The van der Waals surface area contributed by atoms with Gasteiger partial charge in [-0.2, -0.15) is 0 Å². The van der Waals surface area contributed by atoms with Gasteiger partial charge in [0.05, 0.1) is 6.61 Å². The Morgan fingerprint density at radius 2 is 2.10 bits per heavy atom. The molecule has 20 heavy (non-hydrogen) atoms. The van der Waals surface area contributed by atoms with Crippen LogP contribution in [0.1, 0.15) is 31.4 Å². The Balaban J connectivity index is 1.86. The van der Waals surface area contributed by atoms with Gasteiger partial charge in [0, 0.05) is 26.2 Å². The Morgan fingerprint density at radius 3 is 2.80 bits per heavy atom. The summed E-state index contributed by atoms with van der Waals surface area (Å²) in [5.41, 5.74) is 7.64. The first-order valence-corrected chi connectivity index (χ1v) is 7.72. The van der Waals surface area contributed by atoms with Crippen molar-refractivity contribution in [3.05, 3.63) is 35.9 Å². The third-order valence-electron chi connectivity index (χ3n) is 4.35. The minimum absolute atomic E-state index is 0.124. The molecule has 1 aromatic rings. The first kappa shape index (κ1) is 15.5. The van der Waals surface area contributed by atoms with E-state index in [-0.39, 0.29) is 6.04 Å². The maximum atomic E-state index is 6.40. The van der Waals surface area contributed by atoms with Gasteiger partial charge in [-0.3, -0.25) is 0 Å². The number of nitrogens with zero attached hydrogens (tertiary/aromatic N) is 1. The number of ether oxygens (including phenoxy) is 1. The molecule has 0 aromatic heterocycles. The summed E-state index contributed by atoms with van der Waals surface area (Å²) in [5, 5.41) is 0. The molecule has 1 saturated heterocycles. The summed E-state index contributed by atoms with van der Waals surface area (Å²) in [4.78, 5) is 2.56. The standard InChI is InChI=1S/C17H28N2O/c1-14(17(18)16-8-4-3-5-9-16)11-19-10-6-7-15(12-19)13-20-2/h3-5,8-9,14-15,17H,6-7,10-13,18H2,1-2H3. The fourth-order valence-corrected chi connectivity index (χ4v) is 3.21. The van der Waals surface area contributed by atoms with Gasteiger partial charge >= 0.3 is 0 Å². The van der Waals surface area contributed by atoms with Crippen molar-refractivity contribution in [1.29, 1.82) is 0 Å². The molecule has 2 rings (SSSR count). The molecule has 1 aliphatic rings. The van der Waals surface area contributed by atoms with E-state index in [0.29, 0.717) is 11.8 Å². The zero-order valence-electron chi connectivity index (χ0n) is 12.8. The van der Waals surface area contributed by atoms with E-state index < -0.39 is 0 Å². The Hall–Kier alpha value is -0.900. The van der Waals surface area contributed by atoms with Crippen molar-refractivity contribution < 1.29 is 4.74 Å². The molecule has 0 saturated carbocycles. The fourth-order valence-electron chi connectivity index (χ4n) is 3.21. The Morgan fingerprint density at radius 1 is 1.35 bits per heavy atom. The number of benzene rings is 1. The molecule has 3 unspecified atom stereocenters. The van der Waals surface area contributed by atoms with Crippen LogP contribution in [0.15, 0.2) is 30.3 Å². The van der Waals surface area contributed by atoms with Crippen molar-refractivity contribution in [2.75, 3.05) is 33.4 Å². The lowest BCUT2D eigenvalue weighted by Crippen LogP contribution is -2.41. The minimum atomic E-state index is 0.124. The van der Waals surface area contributed by atoms with Crippen LogP contribution in [0.2, 0.25) is 0 Å². The van der Waals surface area contributed by atoms with Gasteiger partial charge in [-0.25, -0.2) is 0 Å². The van der Waals surface area contributed by atoms with Crippen LogP contribution in [0.25, 0.3) is 0 Å². The third-order valence-corrected chi connectivity index (χ3v) is 4.35. The van der Waals surface area contributed by atoms with Gasteiger partial charge in [0.15, 0.2) is 0 Å². The molecule has 1 aliphatic heterocycles. The SMILES string of the molecule is COCC1CCCN(CC(C)C(N)c2ccccc2)C1. The molecule has 112 valence electrons. The van der Waals surface area contributed by atoms with Crippen molar-refractivity contribution in [3.8, 4) is 0 Å². The predicted molar refractivity (Wildman–Crippen MR) is 83.6 cm³/mol. The summed E-state index contributed by atoms with van der Waals surface area (Å²) >= 11 is 0. The number of nitrogens with two attached hydrogens (primary N) is 1. The molecule has 0 amide bonds. The summed E-state index contributed by atoms with van der Waals surface area (Å²) < 4.78 is 5.30. The van der Waals surface area contributed by atoms with Gasteiger partial charge in [0.1, 0.15) is 0 Å². The van der Waals surface area contributed by atoms with E-state index in [9.17, 15) is 0 Å². The third kappa shape index (κ3) is 4.30. The van der Waals surface area contributed by atoms with Crippen LogP contribution in [0.3, 0.4) is 0 Å². The van der Waals surface area contributed by atoms with Gasteiger partial charge in [0.2, 0.25) is 0 Å². The van der Waals surface area contributed by atoms with E-state index in [2.05, 4.69) is 36.1 Å². The molecule has 3 nitrogen and oxygen atoms in total. The summed E-state index contributed by atoms with van der Waals surface area (Å²) in [6.07, 6.45) is 2.57. The first-order chi connectivity index (χ1) is 9.70. The second-order valence-electron chi connectivity index (χ2n) is 6.14. The molecule has 1 heterocycles. The van der Waals surface area contributed by atoms with Crippen LogP contribution >= 0.6 is 0 Å². The molecular formula is C17H28N2O. The van der Waals surface area contributed by atoms with E-state index in [0.717, 1.165) is 19.7 Å². The van der Waals surface area contributed by atoms with Gasteiger partial charge in [-0.15, -0.1) is 0 Å². The normalized spacial score (nSPS) is 23.4. The average molecular weight is 276 g/mol. The number of methoxy groups -OCH3 is 1. The topological polar surface area (TPSA) is 38.5 Å².